The van der Waals surface area contributed by atoms with E-state index < -0.39 is 24.6 Å². The van der Waals surface area contributed by atoms with Gasteiger partial charge >= 0.3 is 11.9 Å². The van der Waals surface area contributed by atoms with Crippen molar-refractivity contribution in [3.05, 3.63) is 0 Å². The van der Waals surface area contributed by atoms with Crippen molar-refractivity contribution in [3.8, 4) is 0 Å². The molecule has 0 N–H and O–H groups in total. The van der Waals surface area contributed by atoms with E-state index in [0.29, 0.717) is 24.0 Å². The van der Waals surface area contributed by atoms with E-state index in [4.69, 9.17) is 18.5 Å². The lowest BCUT2D eigenvalue weighted by atomic mass is 9.72. The zero-order chi connectivity index (χ0) is 25.2. The average molecular weight is 483 g/mol. The molecule has 0 rings (SSSR count). The standard InChI is InChI=1S/C21H43N2O8P/c1-10-21(4,17-20(2,3)18(24)28-13-11-22(5)6)19(25)29-15-16-31-32(26,27)30-14-12-23(7,8)9/h10-17H2,1-9H3. The lowest BCUT2D eigenvalue weighted by Crippen LogP contribution is -2.39. The van der Waals surface area contributed by atoms with Crippen LogP contribution < -0.4 is 4.89 Å². The summed E-state index contributed by atoms with van der Waals surface area (Å²) in [7, 11) is 5.04. The number of phosphoric ester groups is 1. The van der Waals surface area contributed by atoms with E-state index in [1.165, 1.54) is 0 Å². The van der Waals surface area contributed by atoms with E-state index in [1.54, 1.807) is 20.8 Å². The third-order valence-electron chi connectivity index (χ3n) is 5.01. The Balaban J connectivity index is 4.64. The van der Waals surface area contributed by atoms with Gasteiger partial charge in [-0.15, -0.1) is 0 Å². The minimum atomic E-state index is -4.47. The smallest absolute Gasteiger partial charge is 0.311 e. The summed E-state index contributed by atoms with van der Waals surface area (Å²) in [6, 6.07) is 0. The monoisotopic (exact) mass is 482 g/mol. The maximum Gasteiger partial charge on any atom is 0.311 e. The first-order valence-corrected chi connectivity index (χ1v) is 12.3. The van der Waals surface area contributed by atoms with Crippen molar-refractivity contribution in [2.75, 3.05) is 74.8 Å². The molecule has 32 heavy (non-hydrogen) atoms. The molecule has 190 valence electrons. The van der Waals surface area contributed by atoms with Gasteiger partial charge < -0.3 is 32.8 Å². The van der Waals surface area contributed by atoms with Crippen LogP contribution in [0.5, 0.6) is 0 Å². The van der Waals surface area contributed by atoms with Crippen LogP contribution in [0.4, 0.5) is 0 Å². The fourth-order valence-electron chi connectivity index (χ4n) is 2.83. The average Bonchev–Trinajstić information content (AvgIpc) is 2.62. The van der Waals surface area contributed by atoms with Crippen LogP contribution in [-0.4, -0.2) is 96.1 Å². The van der Waals surface area contributed by atoms with Crippen molar-refractivity contribution in [2.24, 2.45) is 10.8 Å². The Morgan fingerprint density at radius 2 is 1.47 bits per heavy atom. The number of hydrogen-bond donors (Lipinski definition) is 0. The number of likely N-dealkylation sites (N-methyl/N-ethyl adjacent to an activating group) is 2. The van der Waals surface area contributed by atoms with Crippen LogP contribution in [0, 0.1) is 10.8 Å². The Morgan fingerprint density at radius 3 is 1.97 bits per heavy atom. The van der Waals surface area contributed by atoms with Gasteiger partial charge in [0.25, 0.3) is 7.82 Å². The normalized spacial score (nSPS) is 16.3. The summed E-state index contributed by atoms with van der Waals surface area (Å²) in [4.78, 5) is 38.9. The second kappa shape index (κ2) is 13.0. The number of carbonyl (C=O) groups is 2. The molecule has 2 atom stereocenters. The molecular formula is C21H43N2O8P. The van der Waals surface area contributed by atoms with Gasteiger partial charge in [-0.05, 0) is 47.7 Å². The van der Waals surface area contributed by atoms with Crippen molar-refractivity contribution in [3.63, 3.8) is 0 Å². The summed E-state index contributed by atoms with van der Waals surface area (Å²) in [5.41, 5.74) is -1.83. The summed E-state index contributed by atoms with van der Waals surface area (Å²) in [6.07, 6.45) is 0.667. The van der Waals surface area contributed by atoms with Crippen molar-refractivity contribution in [1.29, 1.82) is 0 Å². The highest BCUT2D eigenvalue weighted by Gasteiger charge is 2.42. The molecule has 0 fully saturated rings. The number of hydrogen-bond acceptors (Lipinski definition) is 9. The van der Waals surface area contributed by atoms with Gasteiger partial charge in [0.15, 0.2) is 0 Å². The van der Waals surface area contributed by atoms with Crippen molar-refractivity contribution in [1.82, 2.24) is 4.90 Å². The predicted molar refractivity (Wildman–Crippen MR) is 120 cm³/mol. The van der Waals surface area contributed by atoms with Crippen molar-refractivity contribution >= 4 is 19.8 Å². The maximum absolute atomic E-state index is 12.7. The summed E-state index contributed by atoms with van der Waals surface area (Å²) in [5, 5.41) is 0. The molecule has 11 heteroatoms. The number of quaternary nitrogens is 1. The Hall–Kier alpha value is -1.03. The molecule has 0 aliphatic carbocycles. The third-order valence-corrected chi connectivity index (χ3v) is 6.00. The molecule has 0 radical (unpaired) electrons. The molecule has 2 unspecified atom stereocenters. The number of carbonyl (C=O) groups excluding carboxylic acids is 2. The summed E-state index contributed by atoms with van der Waals surface area (Å²) in [6.45, 7) is 7.80. The number of phosphoric acid groups is 1. The molecule has 0 aliphatic heterocycles. The number of rotatable bonds is 16. The van der Waals surface area contributed by atoms with Crippen LogP contribution in [0.2, 0.25) is 0 Å². The van der Waals surface area contributed by atoms with Crippen LogP contribution in [-0.2, 0) is 32.7 Å². The van der Waals surface area contributed by atoms with Crippen LogP contribution in [0.25, 0.3) is 0 Å². The van der Waals surface area contributed by atoms with Gasteiger partial charge in [-0.3, -0.25) is 14.2 Å². The maximum atomic E-state index is 12.7. The van der Waals surface area contributed by atoms with Crippen LogP contribution in [0.15, 0.2) is 0 Å². The number of nitrogens with zero attached hydrogens (tertiary/aromatic N) is 2. The highest BCUT2D eigenvalue weighted by molar-refractivity contribution is 7.45. The van der Waals surface area contributed by atoms with Gasteiger partial charge in [0.2, 0.25) is 0 Å². The summed E-state index contributed by atoms with van der Waals surface area (Å²) >= 11 is 0. The summed E-state index contributed by atoms with van der Waals surface area (Å²) < 4.78 is 32.5. The van der Waals surface area contributed by atoms with Crippen LogP contribution in [0.3, 0.4) is 0 Å². The number of esters is 2. The fourth-order valence-corrected chi connectivity index (χ4v) is 3.50. The molecule has 0 aromatic rings. The minimum Gasteiger partial charge on any atom is -0.756 e. The Bertz CT molecular complexity index is 648. The minimum absolute atomic E-state index is 0.00228. The zero-order valence-corrected chi connectivity index (χ0v) is 22.2. The van der Waals surface area contributed by atoms with E-state index in [0.717, 1.165) is 0 Å². The van der Waals surface area contributed by atoms with E-state index >= 15 is 0 Å². The first-order valence-electron chi connectivity index (χ1n) is 10.8. The Labute approximate surface area is 193 Å². The van der Waals surface area contributed by atoms with Gasteiger partial charge in [0.05, 0.1) is 38.6 Å². The van der Waals surface area contributed by atoms with Gasteiger partial charge in [0.1, 0.15) is 26.4 Å². The van der Waals surface area contributed by atoms with E-state index in [9.17, 15) is 19.0 Å². The van der Waals surface area contributed by atoms with Crippen LogP contribution in [0.1, 0.15) is 40.5 Å². The van der Waals surface area contributed by atoms with Gasteiger partial charge in [-0.25, -0.2) is 0 Å². The number of ether oxygens (including phenoxy) is 2. The third kappa shape index (κ3) is 12.9. The molecule has 0 spiro atoms. The predicted octanol–water partition coefficient (Wildman–Crippen LogP) is 1.67. The lowest BCUT2D eigenvalue weighted by Gasteiger charge is -2.33. The molecule has 0 saturated heterocycles. The SMILES string of the molecule is CCC(C)(CC(C)(C)C(=O)OCCN(C)C)C(=O)OCCOP(=O)([O-])OCC[N+](C)(C)C. The van der Waals surface area contributed by atoms with Gasteiger partial charge in [0, 0.05) is 6.54 Å². The molecule has 10 nitrogen and oxygen atoms in total. The highest BCUT2D eigenvalue weighted by Crippen LogP contribution is 2.39. The van der Waals surface area contributed by atoms with E-state index in [1.807, 2.05) is 47.1 Å². The highest BCUT2D eigenvalue weighted by atomic mass is 31.2. The first-order chi connectivity index (χ1) is 14.4. The van der Waals surface area contributed by atoms with Crippen molar-refractivity contribution in [2.45, 2.75) is 40.5 Å². The molecular weight excluding hydrogens is 439 g/mol. The van der Waals surface area contributed by atoms with E-state index in [-0.39, 0.29) is 38.8 Å². The van der Waals surface area contributed by atoms with Crippen molar-refractivity contribution < 1.29 is 42.1 Å². The molecule has 0 bridgehead atoms. The summed E-state index contributed by atoms with van der Waals surface area (Å²) in [5.74, 6) is -0.905. The topological polar surface area (TPSA) is 114 Å². The van der Waals surface area contributed by atoms with Gasteiger partial charge in [-0.1, -0.05) is 6.92 Å². The van der Waals surface area contributed by atoms with Crippen LogP contribution >= 0.6 is 7.82 Å². The van der Waals surface area contributed by atoms with Gasteiger partial charge in [-0.2, -0.15) is 0 Å². The molecule has 0 heterocycles. The Morgan fingerprint density at radius 1 is 0.938 bits per heavy atom. The largest absolute Gasteiger partial charge is 0.756 e. The lowest BCUT2D eigenvalue weighted by molar-refractivity contribution is -0.870. The quantitative estimate of drug-likeness (QED) is 0.140. The second-order valence-electron chi connectivity index (χ2n) is 10.2. The molecule has 0 saturated carbocycles. The first kappa shape index (κ1) is 31.0. The molecule has 0 aromatic carbocycles. The fraction of sp³-hybridized carbons (Fsp3) is 0.905. The molecule has 0 aliphatic rings. The molecule has 0 amide bonds. The Kier molecular flexibility index (Phi) is 12.6. The zero-order valence-electron chi connectivity index (χ0n) is 21.3. The molecule has 0 aromatic heterocycles. The second-order valence-corrected chi connectivity index (χ2v) is 11.6. The van der Waals surface area contributed by atoms with E-state index in [2.05, 4.69) is 0 Å².